The Bertz CT molecular complexity index is 991. The largest absolute Gasteiger partial charge is 0.488 e. The van der Waals surface area contributed by atoms with Crippen LogP contribution in [0, 0.1) is 11.6 Å². The molecule has 1 aliphatic heterocycles. The first-order chi connectivity index (χ1) is 17.2. The molecule has 0 aromatic heterocycles. The van der Waals surface area contributed by atoms with Gasteiger partial charge in [-0.1, -0.05) is 0 Å². The SMILES string of the molecule is CS/C(NC(=O)NCCCCN1CCCC1)=C(/C(N)=O)C(OCc1c(F)cc(F)cc1CF)=C(C)C. The number of hydrogen-bond acceptors (Lipinski definition) is 5. The number of halogens is 3. The summed E-state index contributed by atoms with van der Waals surface area (Å²) in [4.78, 5) is 27.3. The highest BCUT2D eigenvalue weighted by atomic mass is 32.2. The van der Waals surface area contributed by atoms with Crippen molar-refractivity contribution in [3.8, 4) is 0 Å². The van der Waals surface area contributed by atoms with Crippen LogP contribution in [0.5, 0.6) is 0 Å². The quantitative estimate of drug-likeness (QED) is 0.152. The van der Waals surface area contributed by atoms with E-state index in [4.69, 9.17) is 10.5 Å². The number of urea groups is 1. The van der Waals surface area contributed by atoms with Gasteiger partial charge in [0, 0.05) is 18.2 Å². The first kappa shape index (κ1) is 29.6. The number of amides is 3. The molecule has 11 heteroatoms. The molecular weight excluding hydrogens is 493 g/mol. The van der Waals surface area contributed by atoms with Crippen LogP contribution in [0.2, 0.25) is 0 Å². The smallest absolute Gasteiger partial charge is 0.319 e. The van der Waals surface area contributed by atoms with E-state index in [9.17, 15) is 22.8 Å². The van der Waals surface area contributed by atoms with Crippen LogP contribution in [0.4, 0.5) is 18.0 Å². The third-order valence-electron chi connectivity index (χ3n) is 5.73. The molecule has 200 valence electrons. The monoisotopic (exact) mass is 528 g/mol. The summed E-state index contributed by atoms with van der Waals surface area (Å²) in [5, 5.41) is 5.56. The van der Waals surface area contributed by atoms with Gasteiger partial charge in [-0.3, -0.25) is 4.79 Å². The molecule has 3 amide bonds. The number of allylic oxidation sites excluding steroid dienone is 1. The third kappa shape index (κ3) is 8.77. The lowest BCUT2D eigenvalue weighted by atomic mass is 10.1. The second-order valence-electron chi connectivity index (χ2n) is 8.69. The van der Waals surface area contributed by atoms with E-state index in [1.807, 2.05) is 0 Å². The fourth-order valence-electron chi connectivity index (χ4n) is 3.91. The number of ether oxygens (including phenoxy) is 1. The molecule has 7 nitrogen and oxygen atoms in total. The highest BCUT2D eigenvalue weighted by Crippen LogP contribution is 2.27. The molecule has 1 heterocycles. The van der Waals surface area contributed by atoms with E-state index in [1.165, 1.54) is 12.8 Å². The maximum absolute atomic E-state index is 14.3. The normalized spacial score (nSPS) is 14.3. The summed E-state index contributed by atoms with van der Waals surface area (Å²) in [6, 6.07) is 1.02. The standard InChI is InChI=1S/C25H35F3N4O3S/c1-16(2)22(35-15-19-17(14-26)12-18(27)13-20(19)28)21(23(29)33)24(36-3)31-25(34)30-8-4-5-9-32-10-6-7-11-32/h12-13H,4-11,14-15H2,1-3H3,(H2,29,33)(H2,30,31,34)/b24-21+. The number of rotatable bonds is 13. The number of carbonyl (C=O) groups excluding carboxylic acids is 2. The van der Waals surface area contributed by atoms with Crippen LogP contribution >= 0.6 is 11.8 Å². The number of thioether (sulfide) groups is 1. The van der Waals surface area contributed by atoms with Crippen molar-refractivity contribution < 1.29 is 27.5 Å². The molecule has 36 heavy (non-hydrogen) atoms. The Labute approximate surface area is 214 Å². The Morgan fingerprint density at radius 1 is 1.17 bits per heavy atom. The maximum Gasteiger partial charge on any atom is 0.319 e. The highest BCUT2D eigenvalue weighted by molar-refractivity contribution is 8.02. The number of hydrogen-bond donors (Lipinski definition) is 3. The van der Waals surface area contributed by atoms with Gasteiger partial charge in [0.05, 0.1) is 5.03 Å². The van der Waals surface area contributed by atoms with Crippen LogP contribution < -0.4 is 16.4 Å². The Hall–Kier alpha value is -2.66. The summed E-state index contributed by atoms with van der Waals surface area (Å²) < 4.78 is 46.8. The summed E-state index contributed by atoms with van der Waals surface area (Å²) in [5.74, 6) is -2.72. The van der Waals surface area contributed by atoms with E-state index in [1.54, 1.807) is 20.1 Å². The van der Waals surface area contributed by atoms with Gasteiger partial charge in [0.2, 0.25) is 0 Å². The maximum atomic E-state index is 14.3. The number of nitrogens with zero attached hydrogens (tertiary/aromatic N) is 1. The lowest BCUT2D eigenvalue weighted by Gasteiger charge is -2.19. The Balaban J connectivity index is 2.09. The number of carbonyl (C=O) groups is 2. The van der Waals surface area contributed by atoms with E-state index in [0.717, 1.165) is 50.3 Å². The van der Waals surface area contributed by atoms with Gasteiger partial charge in [0.15, 0.2) is 0 Å². The molecule has 4 N–H and O–H groups in total. The summed E-state index contributed by atoms with van der Waals surface area (Å²) in [6.45, 7) is 5.47. The Kier molecular flexibility index (Phi) is 12.1. The van der Waals surface area contributed by atoms with Gasteiger partial charge in [0.1, 0.15) is 36.2 Å². The summed E-state index contributed by atoms with van der Waals surface area (Å²) in [7, 11) is 0. The highest BCUT2D eigenvalue weighted by Gasteiger charge is 2.23. The first-order valence-electron chi connectivity index (χ1n) is 11.9. The number of unbranched alkanes of at least 4 members (excludes halogenated alkanes) is 1. The van der Waals surface area contributed by atoms with Crippen LogP contribution in [0.25, 0.3) is 0 Å². The predicted molar refractivity (Wildman–Crippen MR) is 136 cm³/mol. The molecule has 2 rings (SSSR count). The van der Waals surface area contributed by atoms with Crippen molar-refractivity contribution in [3.63, 3.8) is 0 Å². The molecule has 1 aromatic rings. The molecule has 0 atom stereocenters. The van der Waals surface area contributed by atoms with Crippen LogP contribution in [0.3, 0.4) is 0 Å². The number of nitrogens with one attached hydrogen (secondary N) is 2. The van der Waals surface area contributed by atoms with Crippen molar-refractivity contribution in [2.24, 2.45) is 5.73 Å². The molecule has 0 saturated carbocycles. The van der Waals surface area contributed by atoms with Crippen molar-refractivity contribution >= 4 is 23.7 Å². The molecule has 0 bridgehead atoms. The Morgan fingerprint density at radius 2 is 1.86 bits per heavy atom. The summed E-state index contributed by atoms with van der Waals surface area (Å²) in [6.07, 6.45) is 5.90. The summed E-state index contributed by atoms with van der Waals surface area (Å²) >= 11 is 1.08. The van der Waals surface area contributed by atoms with E-state index >= 15 is 0 Å². The minimum absolute atomic E-state index is 0.0197. The fourth-order valence-corrected chi connectivity index (χ4v) is 4.50. The fraction of sp³-hybridized carbons (Fsp3) is 0.520. The molecule has 0 radical (unpaired) electrons. The number of likely N-dealkylation sites (tertiary alicyclic amines) is 1. The van der Waals surface area contributed by atoms with E-state index < -0.39 is 36.9 Å². The third-order valence-corrected chi connectivity index (χ3v) is 6.44. The minimum atomic E-state index is -1.09. The first-order valence-corrected chi connectivity index (χ1v) is 13.1. The Morgan fingerprint density at radius 3 is 2.44 bits per heavy atom. The zero-order valence-electron chi connectivity index (χ0n) is 21.0. The van der Waals surface area contributed by atoms with Crippen LogP contribution in [0.15, 0.2) is 34.1 Å². The number of primary amides is 1. The molecule has 1 fully saturated rings. The average molecular weight is 529 g/mol. The van der Waals surface area contributed by atoms with E-state index in [0.29, 0.717) is 18.2 Å². The van der Waals surface area contributed by atoms with Gasteiger partial charge in [-0.15, -0.1) is 11.8 Å². The predicted octanol–water partition coefficient (Wildman–Crippen LogP) is 4.48. The molecule has 1 saturated heterocycles. The van der Waals surface area contributed by atoms with Gasteiger partial charge in [0.25, 0.3) is 5.91 Å². The van der Waals surface area contributed by atoms with Gasteiger partial charge in [-0.05, 0) is 82.6 Å². The molecule has 0 spiro atoms. The van der Waals surface area contributed by atoms with Crippen LogP contribution in [-0.2, 0) is 22.8 Å². The van der Waals surface area contributed by atoms with Crippen molar-refractivity contribution in [2.45, 2.75) is 52.8 Å². The second-order valence-corrected chi connectivity index (χ2v) is 9.50. The number of benzene rings is 1. The molecule has 0 aliphatic carbocycles. The molecule has 1 aliphatic rings. The topological polar surface area (TPSA) is 96.7 Å². The molecule has 1 aromatic carbocycles. The molecular formula is C25H35F3N4O3S. The van der Waals surface area contributed by atoms with Crippen LogP contribution in [-0.4, -0.2) is 49.3 Å². The minimum Gasteiger partial charge on any atom is -0.488 e. The van der Waals surface area contributed by atoms with Crippen molar-refractivity contribution in [1.29, 1.82) is 0 Å². The van der Waals surface area contributed by atoms with Gasteiger partial charge < -0.3 is 26.0 Å². The number of alkyl halides is 1. The van der Waals surface area contributed by atoms with Gasteiger partial charge >= 0.3 is 6.03 Å². The van der Waals surface area contributed by atoms with Crippen molar-refractivity contribution in [2.75, 3.05) is 32.4 Å². The zero-order chi connectivity index (χ0) is 26.7. The summed E-state index contributed by atoms with van der Waals surface area (Å²) in [5.41, 5.74) is 5.66. The van der Waals surface area contributed by atoms with E-state index in [2.05, 4.69) is 15.5 Å². The molecule has 0 unspecified atom stereocenters. The van der Waals surface area contributed by atoms with Gasteiger partial charge in [-0.25, -0.2) is 18.0 Å². The lowest BCUT2D eigenvalue weighted by molar-refractivity contribution is -0.114. The van der Waals surface area contributed by atoms with Crippen molar-refractivity contribution in [1.82, 2.24) is 15.5 Å². The van der Waals surface area contributed by atoms with Gasteiger partial charge in [-0.2, -0.15) is 0 Å². The lowest BCUT2D eigenvalue weighted by Crippen LogP contribution is -2.36. The van der Waals surface area contributed by atoms with Crippen LogP contribution in [0.1, 0.15) is 50.7 Å². The second kappa shape index (κ2) is 14.8. The average Bonchev–Trinajstić information content (AvgIpc) is 3.34. The van der Waals surface area contributed by atoms with E-state index in [-0.39, 0.29) is 27.5 Å². The zero-order valence-corrected chi connectivity index (χ0v) is 21.8. The number of nitrogens with two attached hydrogens (primary N) is 1. The van der Waals surface area contributed by atoms with Crippen molar-refractivity contribution in [3.05, 3.63) is 56.8 Å².